The molecular formula is C24H30N4O2. The number of aromatic nitrogens is 2. The van der Waals surface area contributed by atoms with Gasteiger partial charge >= 0.3 is 0 Å². The minimum atomic E-state index is 0.143. The molecule has 1 aliphatic heterocycles. The van der Waals surface area contributed by atoms with Crippen LogP contribution in [0.25, 0.3) is 10.8 Å². The molecule has 0 saturated heterocycles. The van der Waals surface area contributed by atoms with Crippen molar-refractivity contribution in [2.24, 2.45) is 5.92 Å². The van der Waals surface area contributed by atoms with Crippen molar-refractivity contribution in [3.05, 3.63) is 60.2 Å². The Hall–Kier alpha value is -2.86. The van der Waals surface area contributed by atoms with Crippen LogP contribution in [0.5, 0.6) is 5.75 Å². The Bertz CT molecular complexity index is 1030. The zero-order chi connectivity index (χ0) is 21.1. The Labute approximate surface area is 178 Å². The number of imidazole rings is 1. The van der Waals surface area contributed by atoms with Crippen molar-refractivity contribution >= 4 is 16.7 Å². The normalized spacial score (nSPS) is 15.9. The van der Waals surface area contributed by atoms with Gasteiger partial charge in [0.05, 0.1) is 13.7 Å². The van der Waals surface area contributed by atoms with Gasteiger partial charge in [0.2, 0.25) is 5.91 Å². The summed E-state index contributed by atoms with van der Waals surface area (Å²) in [6.07, 6.45) is 6.06. The van der Waals surface area contributed by atoms with Gasteiger partial charge in [-0.15, -0.1) is 0 Å². The molecule has 0 unspecified atom stereocenters. The van der Waals surface area contributed by atoms with Crippen LogP contribution in [0.15, 0.2) is 48.8 Å². The minimum absolute atomic E-state index is 0.143. The molecule has 2 aromatic carbocycles. The van der Waals surface area contributed by atoms with E-state index in [-0.39, 0.29) is 5.91 Å². The van der Waals surface area contributed by atoms with Crippen molar-refractivity contribution < 1.29 is 9.53 Å². The Morgan fingerprint density at radius 1 is 1.20 bits per heavy atom. The van der Waals surface area contributed by atoms with E-state index in [0.29, 0.717) is 19.0 Å². The van der Waals surface area contributed by atoms with E-state index in [0.717, 1.165) is 53.8 Å². The molecule has 1 amide bonds. The predicted molar refractivity (Wildman–Crippen MR) is 119 cm³/mol. The lowest BCUT2D eigenvalue weighted by molar-refractivity contribution is -0.131. The lowest BCUT2D eigenvalue weighted by Crippen LogP contribution is -2.39. The maximum Gasteiger partial charge on any atom is 0.236 e. The van der Waals surface area contributed by atoms with Crippen LogP contribution in [0.1, 0.15) is 17.8 Å². The molecule has 1 aromatic heterocycles. The standard InChI is InChI=1S/C24H30N4O2/c1-26(15-19-8-10-28-11-9-25-23(28)13-19)17-24(29)27(2)16-18-4-5-21-14-22(30-3)7-6-20(21)12-18/h4-7,9,11-12,14,19H,8,10,13,15-17H2,1-3H3/t19-/m0/s1. The first-order chi connectivity index (χ1) is 14.5. The maximum atomic E-state index is 12.8. The summed E-state index contributed by atoms with van der Waals surface area (Å²) in [5.74, 6) is 2.72. The highest BCUT2D eigenvalue weighted by molar-refractivity contribution is 5.84. The third kappa shape index (κ3) is 4.65. The number of hydrogen-bond donors (Lipinski definition) is 0. The second-order valence-corrected chi connectivity index (χ2v) is 8.39. The van der Waals surface area contributed by atoms with Crippen LogP contribution < -0.4 is 4.74 Å². The number of nitrogens with zero attached hydrogens (tertiary/aromatic N) is 4. The zero-order valence-corrected chi connectivity index (χ0v) is 18.0. The first-order valence-corrected chi connectivity index (χ1v) is 10.5. The summed E-state index contributed by atoms with van der Waals surface area (Å²) in [4.78, 5) is 21.2. The first-order valence-electron chi connectivity index (χ1n) is 10.5. The number of aryl methyl sites for hydroxylation is 1. The molecule has 2 heterocycles. The van der Waals surface area contributed by atoms with Gasteiger partial charge in [0, 0.05) is 45.5 Å². The second-order valence-electron chi connectivity index (χ2n) is 8.39. The van der Waals surface area contributed by atoms with Gasteiger partial charge in [0.25, 0.3) is 0 Å². The number of ether oxygens (including phenoxy) is 1. The summed E-state index contributed by atoms with van der Waals surface area (Å²) in [7, 11) is 5.60. The fraction of sp³-hybridized carbons (Fsp3) is 0.417. The van der Waals surface area contributed by atoms with Crippen molar-refractivity contribution in [1.29, 1.82) is 0 Å². The molecule has 0 saturated carbocycles. The molecule has 158 valence electrons. The summed E-state index contributed by atoms with van der Waals surface area (Å²) >= 11 is 0. The Kier molecular flexibility index (Phi) is 6.04. The van der Waals surface area contributed by atoms with Crippen molar-refractivity contribution in [3.63, 3.8) is 0 Å². The molecule has 30 heavy (non-hydrogen) atoms. The highest BCUT2D eigenvalue weighted by Crippen LogP contribution is 2.23. The number of fused-ring (bicyclic) bond motifs is 2. The van der Waals surface area contributed by atoms with E-state index in [9.17, 15) is 4.79 Å². The van der Waals surface area contributed by atoms with Crippen molar-refractivity contribution in [2.75, 3.05) is 34.3 Å². The maximum absolute atomic E-state index is 12.8. The average Bonchev–Trinajstić information content (AvgIpc) is 3.21. The molecule has 1 atom stereocenters. The van der Waals surface area contributed by atoms with E-state index in [1.807, 2.05) is 37.3 Å². The third-order valence-electron chi connectivity index (χ3n) is 5.98. The lowest BCUT2D eigenvalue weighted by Gasteiger charge is -2.28. The third-order valence-corrected chi connectivity index (χ3v) is 5.98. The van der Waals surface area contributed by atoms with Gasteiger partial charge in [0.1, 0.15) is 11.6 Å². The van der Waals surface area contributed by atoms with Crippen LogP contribution in [0.2, 0.25) is 0 Å². The number of rotatable bonds is 7. The van der Waals surface area contributed by atoms with E-state index in [1.165, 1.54) is 0 Å². The van der Waals surface area contributed by atoms with Gasteiger partial charge in [-0.05, 0) is 53.9 Å². The lowest BCUT2D eigenvalue weighted by atomic mass is 9.97. The molecule has 1 aliphatic rings. The van der Waals surface area contributed by atoms with Gasteiger partial charge in [-0.3, -0.25) is 9.69 Å². The SMILES string of the molecule is COc1ccc2cc(CN(C)C(=O)CN(C)C[C@H]3CCn4ccnc4C3)ccc2c1. The van der Waals surface area contributed by atoms with Crippen molar-refractivity contribution in [1.82, 2.24) is 19.4 Å². The monoisotopic (exact) mass is 406 g/mol. The quantitative estimate of drug-likeness (QED) is 0.605. The van der Waals surface area contributed by atoms with Gasteiger partial charge < -0.3 is 14.2 Å². The molecule has 3 aromatic rings. The molecule has 0 bridgehead atoms. The number of methoxy groups -OCH3 is 1. The molecule has 0 N–H and O–H groups in total. The topological polar surface area (TPSA) is 50.6 Å². The summed E-state index contributed by atoms with van der Waals surface area (Å²) in [6.45, 7) is 2.99. The van der Waals surface area contributed by atoms with Crippen LogP contribution in [0.3, 0.4) is 0 Å². The Morgan fingerprint density at radius 2 is 2.00 bits per heavy atom. The highest BCUT2D eigenvalue weighted by atomic mass is 16.5. The largest absolute Gasteiger partial charge is 0.497 e. The first kappa shape index (κ1) is 20.4. The van der Waals surface area contributed by atoms with Crippen LogP contribution >= 0.6 is 0 Å². The number of likely N-dealkylation sites (N-methyl/N-ethyl adjacent to an activating group) is 2. The Balaban J connectivity index is 1.30. The highest BCUT2D eigenvalue weighted by Gasteiger charge is 2.22. The van der Waals surface area contributed by atoms with E-state index in [4.69, 9.17) is 4.74 Å². The second kappa shape index (κ2) is 8.88. The summed E-state index contributed by atoms with van der Waals surface area (Å²) in [6, 6.07) is 12.4. The van der Waals surface area contributed by atoms with Gasteiger partial charge in [0.15, 0.2) is 0 Å². The number of amides is 1. The number of benzene rings is 2. The predicted octanol–water partition coefficient (Wildman–Crippen LogP) is 3.20. The van der Waals surface area contributed by atoms with Gasteiger partial charge in [-0.2, -0.15) is 0 Å². The molecule has 0 aliphatic carbocycles. The van der Waals surface area contributed by atoms with Crippen LogP contribution in [0.4, 0.5) is 0 Å². The zero-order valence-electron chi connectivity index (χ0n) is 18.0. The molecule has 0 spiro atoms. The molecular weight excluding hydrogens is 376 g/mol. The molecule has 0 radical (unpaired) electrons. The Morgan fingerprint density at radius 3 is 2.83 bits per heavy atom. The van der Waals surface area contributed by atoms with Crippen molar-refractivity contribution in [2.45, 2.75) is 25.9 Å². The molecule has 4 rings (SSSR count). The van der Waals surface area contributed by atoms with Gasteiger partial charge in [-0.25, -0.2) is 4.98 Å². The van der Waals surface area contributed by atoms with Gasteiger partial charge in [-0.1, -0.05) is 18.2 Å². The molecule has 6 nitrogen and oxygen atoms in total. The summed E-state index contributed by atoms with van der Waals surface area (Å²) in [5.41, 5.74) is 1.13. The minimum Gasteiger partial charge on any atom is -0.497 e. The van der Waals surface area contributed by atoms with E-state index in [2.05, 4.69) is 44.9 Å². The smallest absolute Gasteiger partial charge is 0.236 e. The average molecular weight is 407 g/mol. The van der Waals surface area contributed by atoms with Crippen molar-refractivity contribution in [3.8, 4) is 5.75 Å². The number of hydrogen-bond acceptors (Lipinski definition) is 4. The van der Waals surface area contributed by atoms with Crippen LogP contribution in [-0.4, -0.2) is 59.6 Å². The molecule has 6 heteroatoms. The fourth-order valence-corrected chi connectivity index (χ4v) is 4.29. The summed E-state index contributed by atoms with van der Waals surface area (Å²) < 4.78 is 7.52. The van der Waals surface area contributed by atoms with Crippen LogP contribution in [0, 0.1) is 5.92 Å². The van der Waals surface area contributed by atoms with E-state index >= 15 is 0 Å². The molecule has 0 fully saturated rings. The van der Waals surface area contributed by atoms with E-state index < -0.39 is 0 Å². The number of carbonyl (C=O) groups excluding carboxylic acids is 1. The van der Waals surface area contributed by atoms with E-state index in [1.54, 1.807) is 7.11 Å². The van der Waals surface area contributed by atoms with Crippen LogP contribution in [-0.2, 0) is 24.3 Å². The number of carbonyl (C=O) groups is 1. The summed E-state index contributed by atoms with van der Waals surface area (Å²) in [5, 5.41) is 2.29. The fourth-order valence-electron chi connectivity index (χ4n) is 4.29.